The van der Waals surface area contributed by atoms with Crippen molar-refractivity contribution in [2.75, 3.05) is 18.0 Å². The fraction of sp³-hybridized carbons (Fsp3) is 0.684. The molecule has 2 nitrogen and oxygen atoms in total. The Labute approximate surface area is 129 Å². The van der Waals surface area contributed by atoms with Crippen molar-refractivity contribution in [2.24, 2.45) is 11.8 Å². The van der Waals surface area contributed by atoms with Gasteiger partial charge in [0.15, 0.2) is 0 Å². The van der Waals surface area contributed by atoms with Gasteiger partial charge in [0.1, 0.15) is 0 Å². The lowest BCUT2D eigenvalue weighted by molar-refractivity contribution is 0.225. The molecule has 0 spiro atoms. The van der Waals surface area contributed by atoms with Crippen LogP contribution in [0.25, 0.3) is 0 Å². The van der Waals surface area contributed by atoms with Crippen LogP contribution in [0.4, 0.5) is 5.69 Å². The van der Waals surface area contributed by atoms with Gasteiger partial charge in [-0.3, -0.25) is 0 Å². The Morgan fingerprint density at radius 1 is 1.05 bits per heavy atom. The SMILES string of the molecule is CC1CCC(NCc2ccccc2N2CCCC2)CC1C. The van der Waals surface area contributed by atoms with Gasteiger partial charge in [-0.1, -0.05) is 32.0 Å². The lowest BCUT2D eigenvalue weighted by Crippen LogP contribution is -2.36. The van der Waals surface area contributed by atoms with E-state index in [9.17, 15) is 0 Å². The summed E-state index contributed by atoms with van der Waals surface area (Å²) in [6.45, 7) is 8.31. The Kier molecular flexibility index (Phi) is 4.84. The van der Waals surface area contributed by atoms with E-state index in [4.69, 9.17) is 0 Å². The summed E-state index contributed by atoms with van der Waals surface area (Å²) in [5.74, 6) is 1.77. The minimum Gasteiger partial charge on any atom is -0.371 e. The van der Waals surface area contributed by atoms with Crippen molar-refractivity contribution < 1.29 is 0 Å². The lowest BCUT2D eigenvalue weighted by Gasteiger charge is -2.33. The largest absolute Gasteiger partial charge is 0.371 e. The first kappa shape index (κ1) is 14.9. The molecule has 21 heavy (non-hydrogen) atoms. The molecule has 116 valence electrons. The molecule has 1 aromatic rings. The van der Waals surface area contributed by atoms with Crippen molar-refractivity contribution in [2.45, 2.75) is 58.5 Å². The van der Waals surface area contributed by atoms with E-state index in [-0.39, 0.29) is 0 Å². The van der Waals surface area contributed by atoms with Crippen LogP contribution < -0.4 is 10.2 Å². The number of anilines is 1. The van der Waals surface area contributed by atoms with E-state index in [0.717, 1.165) is 18.4 Å². The molecule has 2 fully saturated rings. The Morgan fingerprint density at radius 2 is 1.81 bits per heavy atom. The average molecular weight is 286 g/mol. The summed E-state index contributed by atoms with van der Waals surface area (Å²) in [5.41, 5.74) is 2.94. The fourth-order valence-corrected chi connectivity index (χ4v) is 3.91. The van der Waals surface area contributed by atoms with Crippen LogP contribution in [-0.4, -0.2) is 19.1 Å². The van der Waals surface area contributed by atoms with Gasteiger partial charge >= 0.3 is 0 Å². The van der Waals surface area contributed by atoms with Crippen molar-refractivity contribution >= 4 is 5.69 Å². The minimum atomic E-state index is 0.711. The molecule has 3 rings (SSSR count). The van der Waals surface area contributed by atoms with E-state index >= 15 is 0 Å². The number of rotatable bonds is 4. The number of hydrogen-bond acceptors (Lipinski definition) is 2. The predicted octanol–water partition coefficient (Wildman–Crippen LogP) is 4.20. The summed E-state index contributed by atoms with van der Waals surface area (Å²) < 4.78 is 0. The first-order chi connectivity index (χ1) is 10.2. The van der Waals surface area contributed by atoms with E-state index in [2.05, 4.69) is 48.3 Å². The molecule has 2 aliphatic rings. The summed E-state index contributed by atoms with van der Waals surface area (Å²) in [4.78, 5) is 2.56. The van der Waals surface area contributed by atoms with Gasteiger partial charge in [0.05, 0.1) is 0 Å². The Morgan fingerprint density at radius 3 is 2.57 bits per heavy atom. The third kappa shape index (κ3) is 3.60. The number of nitrogens with one attached hydrogen (secondary N) is 1. The van der Waals surface area contributed by atoms with Gasteiger partial charge in [-0.25, -0.2) is 0 Å². The summed E-state index contributed by atoms with van der Waals surface area (Å²) in [5, 5.41) is 3.83. The molecule has 3 atom stereocenters. The van der Waals surface area contributed by atoms with Gasteiger partial charge < -0.3 is 10.2 Å². The molecular formula is C19H30N2. The first-order valence-electron chi connectivity index (χ1n) is 8.80. The van der Waals surface area contributed by atoms with Crippen molar-refractivity contribution in [1.29, 1.82) is 0 Å². The minimum absolute atomic E-state index is 0.711. The van der Waals surface area contributed by atoms with Gasteiger partial charge in [-0.2, -0.15) is 0 Å². The van der Waals surface area contributed by atoms with E-state index in [1.807, 2.05) is 0 Å². The zero-order chi connectivity index (χ0) is 14.7. The molecule has 1 aliphatic heterocycles. The van der Waals surface area contributed by atoms with E-state index in [0.29, 0.717) is 6.04 Å². The third-order valence-electron chi connectivity index (χ3n) is 5.62. The predicted molar refractivity (Wildman–Crippen MR) is 90.7 cm³/mol. The van der Waals surface area contributed by atoms with Gasteiger partial charge in [0.2, 0.25) is 0 Å². The molecule has 3 unspecified atom stereocenters. The molecular weight excluding hydrogens is 256 g/mol. The molecule has 2 heteroatoms. The topological polar surface area (TPSA) is 15.3 Å². The van der Waals surface area contributed by atoms with Crippen LogP contribution in [0.15, 0.2) is 24.3 Å². The monoisotopic (exact) mass is 286 g/mol. The maximum atomic E-state index is 3.83. The molecule has 1 aliphatic carbocycles. The molecule has 0 amide bonds. The number of hydrogen-bond donors (Lipinski definition) is 1. The second-order valence-corrected chi connectivity index (χ2v) is 7.17. The van der Waals surface area contributed by atoms with Crippen molar-refractivity contribution in [3.05, 3.63) is 29.8 Å². The highest BCUT2D eigenvalue weighted by atomic mass is 15.1. The highest BCUT2D eigenvalue weighted by Gasteiger charge is 2.24. The Bertz CT molecular complexity index is 451. The molecule has 0 bridgehead atoms. The standard InChI is InChI=1S/C19H30N2/c1-15-9-10-18(13-16(15)2)20-14-17-7-3-4-8-19(17)21-11-5-6-12-21/h3-4,7-8,15-16,18,20H,5-6,9-14H2,1-2H3. The van der Waals surface area contributed by atoms with Crippen molar-refractivity contribution in [3.8, 4) is 0 Å². The van der Waals surface area contributed by atoms with Crippen LogP contribution in [0, 0.1) is 11.8 Å². The summed E-state index contributed by atoms with van der Waals surface area (Å²) in [6.07, 6.45) is 6.76. The number of nitrogens with zero attached hydrogens (tertiary/aromatic N) is 1. The zero-order valence-corrected chi connectivity index (χ0v) is 13.6. The normalized spacial score (nSPS) is 29.8. The number of para-hydroxylation sites is 1. The van der Waals surface area contributed by atoms with Crippen LogP contribution in [-0.2, 0) is 6.54 Å². The zero-order valence-electron chi connectivity index (χ0n) is 13.6. The van der Waals surface area contributed by atoms with Crippen LogP contribution in [0.1, 0.15) is 51.5 Å². The van der Waals surface area contributed by atoms with Crippen molar-refractivity contribution in [3.63, 3.8) is 0 Å². The summed E-state index contributed by atoms with van der Waals surface area (Å²) in [7, 11) is 0. The van der Waals surface area contributed by atoms with Gasteiger partial charge in [-0.15, -0.1) is 0 Å². The average Bonchev–Trinajstić information content (AvgIpc) is 3.03. The molecule has 0 radical (unpaired) electrons. The Hall–Kier alpha value is -1.02. The molecule has 1 heterocycles. The van der Waals surface area contributed by atoms with Gasteiger partial charge in [0.25, 0.3) is 0 Å². The quantitative estimate of drug-likeness (QED) is 0.892. The third-order valence-corrected chi connectivity index (χ3v) is 5.62. The summed E-state index contributed by atoms with van der Waals surface area (Å²) >= 11 is 0. The maximum Gasteiger partial charge on any atom is 0.0411 e. The van der Waals surface area contributed by atoms with Crippen LogP contribution >= 0.6 is 0 Å². The second-order valence-electron chi connectivity index (χ2n) is 7.17. The maximum absolute atomic E-state index is 3.83. The molecule has 1 saturated heterocycles. The van der Waals surface area contributed by atoms with Crippen LogP contribution in [0.3, 0.4) is 0 Å². The van der Waals surface area contributed by atoms with E-state index in [1.54, 1.807) is 0 Å². The highest BCUT2D eigenvalue weighted by Crippen LogP contribution is 2.30. The lowest BCUT2D eigenvalue weighted by atomic mass is 9.79. The number of benzene rings is 1. The smallest absolute Gasteiger partial charge is 0.0411 e. The van der Waals surface area contributed by atoms with E-state index in [1.165, 1.54) is 56.4 Å². The molecule has 1 N–H and O–H groups in total. The second kappa shape index (κ2) is 6.83. The molecule has 0 aromatic heterocycles. The van der Waals surface area contributed by atoms with Crippen molar-refractivity contribution in [1.82, 2.24) is 5.32 Å². The fourth-order valence-electron chi connectivity index (χ4n) is 3.91. The molecule has 1 saturated carbocycles. The van der Waals surface area contributed by atoms with Crippen LogP contribution in [0.5, 0.6) is 0 Å². The summed E-state index contributed by atoms with van der Waals surface area (Å²) in [6, 6.07) is 9.68. The Balaban J connectivity index is 1.60. The van der Waals surface area contributed by atoms with Gasteiger partial charge in [0, 0.05) is 31.4 Å². The van der Waals surface area contributed by atoms with E-state index < -0.39 is 0 Å². The molecule has 1 aromatic carbocycles. The first-order valence-corrected chi connectivity index (χ1v) is 8.80. The van der Waals surface area contributed by atoms with Gasteiger partial charge in [-0.05, 0) is 55.6 Å². The highest BCUT2D eigenvalue weighted by molar-refractivity contribution is 5.54. The van der Waals surface area contributed by atoms with Crippen LogP contribution in [0.2, 0.25) is 0 Å².